The molecule has 0 radical (unpaired) electrons. The van der Waals surface area contributed by atoms with Crippen molar-refractivity contribution in [1.82, 2.24) is 4.98 Å². The van der Waals surface area contributed by atoms with Crippen molar-refractivity contribution in [1.29, 1.82) is 5.26 Å². The molecule has 1 aromatic rings. The molecular formula is C8H7ClN2. The molecule has 1 rings (SSSR count). The lowest BCUT2D eigenvalue weighted by molar-refractivity contribution is 1.09. The van der Waals surface area contributed by atoms with E-state index in [-0.39, 0.29) is 0 Å². The Bertz CT molecular complexity index is 301. The average molecular weight is 167 g/mol. The maximum atomic E-state index is 8.49. The molecule has 0 amide bonds. The highest BCUT2D eigenvalue weighted by atomic mass is 35.5. The Balaban J connectivity index is 3.12. The molecule has 2 nitrogen and oxygen atoms in total. The molecule has 0 aliphatic carbocycles. The predicted octanol–water partition coefficient (Wildman–Crippen LogP) is 2.17. The van der Waals surface area contributed by atoms with Crippen molar-refractivity contribution < 1.29 is 0 Å². The van der Waals surface area contributed by atoms with Gasteiger partial charge in [-0.2, -0.15) is 5.26 Å². The Kier molecular flexibility index (Phi) is 2.45. The van der Waals surface area contributed by atoms with Crippen molar-refractivity contribution in [2.75, 3.05) is 0 Å². The van der Waals surface area contributed by atoms with Crippen molar-refractivity contribution in [3.05, 3.63) is 28.5 Å². The topological polar surface area (TPSA) is 36.7 Å². The van der Waals surface area contributed by atoms with E-state index in [1.807, 2.05) is 13.0 Å². The van der Waals surface area contributed by atoms with Crippen molar-refractivity contribution in [2.45, 2.75) is 13.3 Å². The van der Waals surface area contributed by atoms with E-state index in [4.69, 9.17) is 16.9 Å². The van der Waals surface area contributed by atoms with Crippen LogP contribution in [0, 0.1) is 11.3 Å². The Morgan fingerprint density at radius 1 is 1.73 bits per heavy atom. The SMILES string of the molecule is CCc1cnc(C#N)c(Cl)c1. The molecule has 0 unspecified atom stereocenters. The second kappa shape index (κ2) is 3.36. The zero-order valence-electron chi connectivity index (χ0n) is 6.13. The fraction of sp³-hybridized carbons (Fsp3) is 0.250. The molecule has 11 heavy (non-hydrogen) atoms. The van der Waals surface area contributed by atoms with Crippen LogP contribution in [0.5, 0.6) is 0 Å². The number of pyridine rings is 1. The molecule has 0 aliphatic heterocycles. The summed E-state index contributed by atoms with van der Waals surface area (Å²) in [4.78, 5) is 3.87. The second-order valence-electron chi connectivity index (χ2n) is 2.14. The van der Waals surface area contributed by atoms with Crippen LogP contribution in [0.1, 0.15) is 18.2 Å². The zero-order valence-corrected chi connectivity index (χ0v) is 6.89. The fourth-order valence-corrected chi connectivity index (χ4v) is 0.984. The summed E-state index contributed by atoms with van der Waals surface area (Å²) in [6, 6.07) is 3.67. The summed E-state index contributed by atoms with van der Waals surface area (Å²) < 4.78 is 0. The Labute approximate surface area is 70.4 Å². The lowest BCUT2D eigenvalue weighted by Crippen LogP contribution is -1.87. The third kappa shape index (κ3) is 1.69. The lowest BCUT2D eigenvalue weighted by Gasteiger charge is -1.96. The molecule has 1 aromatic heterocycles. The molecule has 0 bridgehead atoms. The predicted molar refractivity (Wildman–Crippen MR) is 43.3 cm³/mol. The zero-order chi connectivity index (χ0) is 8.27. The summed E-state index contributed by atoms with van der Waals surface area (Å²) in [5.74, 6) is 0. The van der Waals surface area contributed by atoms with Gasteiger partial charge in [0, 0.05) is 6.20 Å². The lowest BCUT2D eigenvalue weighted by atomic mass is 10.2. The number of aryl methyl sites for hydroxylation is 1. The van der Waals surface area contributed by atoms with Gasteiger partial charge < -0.3 is 0 Å². The molecule has 0 N–H and O–H groups in total. The summed E-state index contributed by atoms with van der Waals surface area (Å²) in [6.45, 7) is 2.01. The summed E-state index contributed by atoms with van der Waals surface area (Å²) >= 11 is 5.72. The van der Waals surface area contributed by atoms with Gasteiger partial charge in [-0.3, -0.25) is 0 Å². The summed E-state index contributed by atoms with van der Waals surface area (Å²) in [5.41, 5.74) is 1.35. The van der Waals surface area contributed by atoms with Crippen LogP contribution < -0.4 is 0 Å². The highest BCUT2D eigenvalue weighted by molar-refractivity contribution is 6.31. The summed E-state index contributed by atoms with van der Waals surface area (Å²) in [5, 5.41) is 8.92. The first-order valence-corrected chi connectivity index (χ1v) is 3.70. The molecule has 3 heteroatoms. The van der Waals surface area contributed by atoms with Gasteiger partial charge in [0.2, 0.25) is 0 Å². The quantitative estimate of drug-likeness (QED) is 0.641. The highest BCUT2D eigenvalue weighted by Crippen LogP contribution is 2.14. The number of hydrogen-bond donors (Lipinski definition) is 0. The first-order valence-electron chi connectivity index (χ1n) is 3.32. The summed E-state index contributed by atoms with van der Waals surface area (Å²) in [6.07, 6.45) is 2.56. The van der Waals surface area contributed by atoms with Gasteiger partial charge in [-0.25, -0.2) is 4.98 Å². The van der Waals surface area contributed by atoms with Crippen LogP contribution in [0.15, 0.2) is 12.3 Å². The van der Waals surface area contributed by atoms with E-state index in [2.05, 4.69) is 4.98 Å². The first-order chi connectivity index (χ1) is 5.27. The van der Waals surface area contributed by atoms with Crippen molar-refractivity contribution in [3.8, 4) is 6.07 Å². The van der Waals surface area contributed by atoms with Crippen LogP contribution in [0.3, 0.4) is 0 Å². The van der Waals surface area contributed by atoms with Gasteiger partial charge in [0.1, 0.15) is 6.07 Å². The van der Waals surface area contributed by atoms with Gasteiger partial charge in [0.15, 0.2) is 5.69 Å². The molecule has 0 aromatic carbocycles. The largest absolute Gasteiger partial charge is 0.244 e. The van der Waals surface area contributed by atoms with Gasteiger partial charge in [-0.05, 0) is 18.1 Å². The molecule has 0 aliphatic rings. The van der Waals surface area contributed by atoms with E-state index < -0.39 is 0 Å². The maximum Gasteiger partial charge on any atom is 0.159 e. The number of aromatic nitrogens is 1. The molecule has 0 atom stereocenters. The van der Waals surface area contributed by atoms with Crippen LogP contribution in [0.2, 0.25) is 5.02 Å². The van der Waals surface area contributed by atoms with E-state index in [1.54, 1.807) is 12.3 Å². The average Bonchev–Trinajstić information content (AvgIpc) is 2.04. The van der Waals surface area contributed by atoms with Crippen LogP contribution >= 0.6 is 11.6 Å². The molecule has 0 saturated carbocycles. The molecular weight excluding hydrogens is 160 g/mol. The smallest absolute Gasteiger partial charge is 0.159 e. The Morgan fingerprint density at radius 2 is 2.45 bits per heavy atom. The number of nitrogens with zero attached hydrogens (tertiary/aromatic N) is 2. The van der Waals surface area contributed by atoms with E-state index >= 15 is 0 Å². The standard InChI is InChI=1S/C8H7ClN2/c1-2-6-3-7(9)8(4-10)11-5-6/h3,5H,2H2,1H3. The third-order valence-corrected chi connectivity index (χ3v) is 1.70. The minimum atomic E-state index is 0.295. The number of halogens is 1. The van der Waals surface area contributed by atoms with Crippen LogP contribution in [-0.2, 0) is 6.42 Å². The summed E-state index contributed by atoms with van der Waals surface area (Å²) in [7, 11) is 0. The van der Waals surface area contributed by atoms with Gasteiger partial charge in [-0.1, -0.05) is 18.5 Å². The maximum absolute atomic E-state index is 8.49. The monoisotopic (exact) mass is 166 g/mol. The fourth-order valence-electron chi connectivity index (χ4n) is 0.753. The Hall–Kier alpha value is -1.07. The van der Waals surface area contributed by atoms with Gasteiger partial charge in [0.25, 0.3) is 0 Å². The van der Waals surface area contributed by atoms with E-state index in [9.17, 15) is 0 Å². The Morgan fingerprint density at radius 3 is 2.91 bits per heavy atom. The number of nitriles is 1. The molecule has 56 valence electrons. The van der Waals surface area contributed by atoms with Gasteiger partial charge in [-0.15, -0.1) is 0 Å². The van der Waals surface area contributed by atoms with Crippen LogP contribution in [-0.4, -0.2) is 4.98 Å². The normalized spacial score (nSPS) is 9.18. The third-order valence-electron chi connectivity index (χ3n) is 1.41. The van der Waals surface area contributed by atoms with E-state index in [0.29, 0.717) is 10.7 Å². The molecule has 0 saturated heterocycles. The van der Waals surface area contributed by atoms with Gasteiger partial charge in [0.05, 0.1) is 5.02 Å². The number of hydrogen-bond acceptors (Lipinski definition) is 2. The van der Waals surface area contributed by atoms with E-state index in [1.165, 1.54) is 0 Å². The molecule has 0 spiro atoms. The van der Waals surface area contributed by atoms with Crippen LogP contribution in [0.25, 0.3) is 0 Å². The second-order valence-corrected chi connectivity index (χ2v) is 2.55. The first kappa shape index (κ1) is 8.03. The number of rotatable bonds is 1. The van der Waals surface area contributed by atoms with Crippen molar-refractivity contribution in [3.63, 3.8) is 0 Å². The van der Waals surface area contributed by atoms with Crippen LogP contribution in [0.4, 0.5) is 0 Å². The highest BCUT2D eigenvalue weighted by Gasteiger charge is 1.99. The van der Waals surface area contributed by atoms with E-state index in [0.717, 1.165) is 12.0 Å². The van der Waals surface area contributed by atoms with Crippen molar-refractivity contribution >= 4 is 11.6 Å². The van der Waals surface area contributed by atoms with Gasteiger partial charge >= 0.3 is 0 Å². The molecule has 1 heterocycles. The minimum Gasteiger partial charge on any atom is -0.244 e. The molecule has 0 fully saturated rings. The minimum absolute atomic E-state index is 0.295. The van der Waals surface area contributed by atoms with Crippen molar-refractivity contribution in [2.24, 2.45) is 0 Å².